The van der Waals surface area contributed by atoms with Crippen LogP contribution in [0.2, 0.25) is 0 Å². The van der Waals surface area contributed by atoms with Crippen LogP contribution in [0.4, 0.5) is 0 Å². The molecule has 2 atom stereocenters. The Hall–Kier alpha value is -4.50. The number of methoxy groups -OCH3 is 1. The molecule has 0 spiro atoms. The van der Waals surface area contributed by atoms with Crippen LogP contribution in [0.25, 0.3) is 44.5 Å². The Morgan fingerprint density at radius 1 is 0.550 bits per heavy atom. The Morgan fingerprint density at radius 2 is 1.05 bits per heavy atom. The molecule has 7 rings (SSSR count). The van der Waals surface area contributed by atoms with Crippen molar-refractivity contribution < 1.29 is 14.2 Å². The molecule has 0 saturated carbocycles. The lowest BCUT2D eigenvalue weighted by Crippen LogP contribution is -2.20. The molecule has 2 aliphatic heterocycles. The quantitative estimate of drug-likeness (QED) is 0.235. The van der Waals surface area contributed by atoms with Crippen LogP contribution in [-0.4, -0.2) is 7.11 Å². The highest BCUT2D eigenvalue weighted by Gasteiger charge is 2.38. The van der Waals surface area contributed by atoms with Gasteiger partial charge in [0.05, 0.1) is 7.11 Å². The van der Waals surface area contributed by atoms with Gasteiger partial charge in [0.15, 0.2) is 0 Å². The summed E-state index contributed by atoms with van der Waals surface area (Å²) in [5.41, 5.74) is 14.3. The number of fused-ring (bicyclic) bond motifs is 7. The van der Waals surface area contributed by atoms with E-state index in [9.17, 15) is 0 Å². The predicted octanol–water partition coefficient (Wildman–Crippen LogP) is 9.89. The Bertz CT molecular complexity index is 1760. The monoisotopic (exact) mass is 524 g/mol. The summed E-state index contributed by atoms with van der Waals surface area (Å²) in [5, 5.41) is 0. The van der Waals surface area contributed by atoms with Gasteiger partial charge in [-0.15, -0.1) is 0 Å². The molecule has 198 valence electrons. The maximum absolute atomic E-state index is 6.69. The molecular weight excluding hydrogens is 492 g/mol. The lowest BCUT2D eigenvalue weighted by molar-refractivity contribution is 0.218. The van der Waals surface area contributed by atoms with Crippen molar-refractivity contribution >= 4 is 0 Å². The van der Waals surface area contributed by atoms with Gasteiger partial charge >= 0.3 is 0 Å². The van der Waals surface area contributed by atoms with Crippen LogP contribution < -0.4 is 14.2 Å². The van der Waals surface area contributed by atoms with Crippen molar-refractivity contribution in [3.8, 4) is 61.8 Å². The fourth-order valence-corrected chi connectivity index (χ4v) is 6.41. The van der Waals surface area contributed by atoms with Gasteiger partial charge in [0.2, 0.25) is 0 Å². The molecular formula is C37H32O3. The highest BCUT2D eigenvalue weighted by Crippen LogP contribution is 2.59. The maximum Gasteiger partial charge on any atom is 0.131 e. The van der Waals surface area contributed by atoms with Crippen LogP contribution >= 0.6 is 0 Å². The topological polar surface area (TPSA) is 27.7 Å². The largest absolute Gasteiger partial charge is 0.497 e. The van der Waals surface area contributed by atoms with Crippen LogP contribution in [0.5, 0.6) is 17.2 Å². The zero-order valence-corrected chi connectivity index (χ0v) is 23.5. The van der Waals surface area contributed by atoms with E-state index in [0.29, 0.717) is 0 Å². The molecule has 3 nitrogen and oxygen atoms in total. The fourth-order valence-electron chi connectivity index (χ4n) is 6.41. The maximum atomic E-state index is 6.69. The first-order valence-corrected chi connectivity index (χ1v) is 13.9. The van der Waals surface area contributed by atoms with Gasteiger partial charge in [-0.2, -0.15) is 0 Å². The second-order valence-corrected chi connectivity index (χ2v) is 10.9. The zero-order chi connectivity index (χ0) is 27.5. The van der Waals surface area contributed by atoms with Crippen LogP contribution in [-0.2, 0) is 0 Å². The Labute approximate surface area is 236 Å². The molecule has 0 amide bonds. The third-order valence-corrected chi connectivity index (χ3v) is 8.29. The molecule has 3 heteroatoms. The summed E-state index contributed by atoms with van der Waals surface area (Å²) < 4.78 is 18.9. The van der Waals surface area contributed by atoms with Crippen molar-refractivity contribution in [2.45, 2.75) is 39.9 Å². The van der Waals surface area contributed by atoms with E-state index in [4.69, 9.17) is 14.2 Å². The van der Waals surface area contributed by atoms with E-state index in [1.807, 2.05) is 12.1 Å². The van der Waals surface area contributed by atoms with Crippen LogP contribution in [0.3, 0.4) is 0 Å². The third-order valence-electron chi connectivity index (χ3n) is 8.29. The van der Waals surface area contributed by atoms with Gasteiger partial charge in [0, 0.05) is 39.4 Å². The van der Waals surface area contributed by atoms with Gasteiger partial charge in [0.25, 0.3) is 0 Å². The molecule has 0 unspecified atom stereocenters. The predicted molar refractivity (Wildman–Crippen MR) is 162 cm³/mol. The van der Waals surface area contributed by atoms with Gasteiger partial charge in [-0.1, -0.05) is 77.9 Å². The molecule has 0 N–H and O–H groups in total. The molecule has 5 aromatic carbocycles. The van der Waals surface area contributed by atoms with Gasteiger partial charge < -0.3 is 14.2 Å². The highest BCUT2D eigenvalue weighted by molar-refractivity contribution is 6.04. The number of hydrogen-bond donors (Lipinski definition) is 0. The van der Waals surface area contributed by atoms with Crippen molar-refractivity contribution in [1.29, 1.82) is 0 Å². The molecule has 5 aromatic rings. The molecule has 0 bridgehead atoms. The number of rotatable bonds is 3. The van der Waals surface area contributed by atoms with E-state index < -0.39 is 0 Å². The Balaban J connectivity index is 1.71. The van der Waals surface area contributed by atoms with Gasteiger partial charge in [-0.25, -0.2) is 0 Å². The standard InChI is InChI=1S/C37H32O3/c1-21-10-14-25(15-11-21)34-32-23(3)39-30-9-7-6-8-28(30)36(32)37-29-19-18-27(38-5)20-31(29)40-24(4)33(37)35(34)26-16-12-22(2)13-17-26/h6-20,23-24H,1-5H3/t23-,24-/m1/s1. The lowest BCUT2D eigenvalue weighted by atomic mass is 9.73. The normalized spacial score (nSPS) is 16.5. The van der Waals surface area contributed by atoms with Crippen molar-refractivity contribution in [1.82, 2.24) is 0 Å². The van der Waals surface area contributed by atoms with Crippen LogP contribution in [0, 0.1) is 13.8 Å². The zero-order valence-electron chi connectivity index (χ0n) is 23.5. The highest BCUT2D eigenvalue weighted by atomic mass is 16.5. The SMILES string of the molecule is COc1ccc2c(c1)O[C@H](C)c1c(-c3ccc(C)cc3)c(-c3ccc(C)cc3)c3c(c1-2)-c1ccccc1O[C@@H]3C. The average Bonchev–Trinajstić information content (AvgIpc) is 2.97. The summed E-state index contributed by atoms with van der Waals surface area (Å²) in [4.78, 5) is 0. The minimum atomic E-state index is -0.175. The minimum Gasteiger partial charge on any atom is -0.497 e. The summed E-state index contributed by atoms with van der Waals surface area (Å²) in [5.74, 6) is 2.54. The number of hydrogen-bond acceptors (Lipinski definition) is 3. The number of para-hydroxylation sites is 1. The lowest BCUT2D eigenvalue weighted by Gasteiger charge is -2.38. The van der Waals surface area contributed by atoms with E-state index in [2.05, 4.69) is 107 Å². The molecule has 2 aliphatic rings. The summed E-state index contributed by atoms with van der Waals surface area (Å²) in [6.07, 6.45) is -0.318. The first-order chi connectivity index (χ1) is 19.4. The van der Waals surface area contributed by atoms with Crippen molar-refractivity contribution in [2.24, 2.45) is 0 Å². The number of aryl methyl sites for hydroxylation is 2. The molecule has 0 fully saturated rings. The van der Waals surface area contributed by atoms with Crippen molar-refractivity contribution in [3.63, 3.8) is 0 Å². The summed E-state index contributed by atoms with van der Waals surface area (Å²) in [6.45, 7) is 8.61. The van der Waals surface area contributed by atoms with Crippen LogP contribution in [0.15, 0.2) is 91.0 Å². The molecule has 0 aromatic heterocycles. The number of benzene rings is 5. The first kappa shape index (κ1) is 24.5. The molecule has 2 heterocycles. The molecule has 40 heavy (non-hydrogen) atoms. The number of ether oxygens (including phenoxy) is 3. The fraction of sp³-hybridized carbons (Fsp3) is 0.189. The molecule has 0 radical (unpaired) electrons. The van der Waals surface area contributed by atoms with E-state index in [0.717, 1.165) is 28.4 Å². The van der Waals surface area contributed by atoms with Gasteiger partial charge in [-0.05, 0) is 68.1 Å². The van der Waals surface area contributed by atoms with E-state index in [1.165, 1.54) is 55.6 Å². The van der Waals surface area contributed by atoms with E-state index in [-0.39, 0.29) is 12.2 Å². The van der Waals surface area contributed by atoms with Gasteiger partial charge in [0.1, 0.15) is 29.5 Å². The van der Waals surface area contributed by atoms with Crippen molar-refractivity contribution in [2.75, 3.05) is 7.11 Å². The summed E-state index contributed by atoms with van der Waals surface area (Å²) in [6, 6.07) is 32.4. The Morgan fingerprint density at radius 3 is 1.60 bits per heavy atom. The smallest absolute Gasteiger partial charge is 0.131 e. The van der Waals surface area contributed by atoms with E-state index >= 15 is 0 Å². The second kappa shape index (κ2) is 9.31. The van der Waals surface area contributed by atoms with Crippen LogP contribution in [0.1, 0.15) is 48.3 Å². The van der Waals surface area contributed by atoms with Crippen molar-refractivity contribution in [3.05, 3.63) is 113 Å². The molecule has 0 aliphatic carbocycles. The minimum absolute atomic E-state index is 0.143. The average molecular weight is 525 g/mol. The first-order valence-electron chi connectivity index (χ1n) is 13.9. The Kier molecular flexibility index (Phi) is 5.71. The third kappa shape index (κ3) is 3.72. The van der Waals surface area contributed by atoms with Gasteiger partial charge in [-0.3, -0.25) is 0 Å². The molecule has 0 saturated heterocycles. The van der Waals surface area contributed by atoms with E-state index in [1.54, 1.807) is 7.11 Å². The second-order valence-electron chi connectivity index (χ2n) is 10.9. The summed E-state index contributed by atoms with van der Waals surface area (Å²) >= 11 is 0. The summed E-state index contributed by atoms with van der Waals surface area (Å²) in [7, 11) is 1.70.